The van der Waals surface area contributed by atoms with E-state index in [0.717, 1.165) is 36.9 Å². The van der Waals surface area contributed by atoms with Crippen molar-refractivity contribution < 1.29 is 0 Å². The Labute approximate surface area is 108 Å². The summed E-state index contributed by atoms with van der Waals surface area (Å²) in [4.78, 5) is 4.79. The summed E-state index contributed by atoms with van der Waals surface area (Å²) in [6, 6.07) is 8.59. The van der Waals surface area contributed by atoms with Crippen LogP contribution in [0, 0.1) is 0 Å². The Hall–Kier alpha value is -0.770. The molecule has 4 heteroatoms. The highest BCUT2D eigenvalue weighted by atomic mass is 35.5. The maximum absolute atomic E-state index is 6.28. The number of hydrogen-bond donors (Lipinski definition) is 1. The Bertz CT molecular complexity index is 369. The third kappa shape index (κ3) is 2.92. The van der Waals surface area contributed by atoms with Gasteiger partial charge in [-0.3, -0.25) is 0 Å². The van der Waals surface area contributed by atoms with Crippen LogP contribution in [0.25, 0.3) is 0 Å². The molecule has 1 aliphatic rings. The standard InChI is InChI=1S/C13H20ClN3/c1-15-9-11-10-16(2)7-8-17(11)13-6-4-3-5-12(13)14/h3-6,11,15H,7-10H2,1-2H3. The van der Waals surface area contributed by atoms with Gasteiger partial charge in [0.2, 0.25) is 0 Å². The smallest absolute Gasteiger partial charge is 0.0639 e. The van der Waals surface area contributed by atoms with Crippen LogP contribution in [0.3, 0.4) is 0 Å². The van der Waals surface area contributed by atoms with Crippen molar-refractivity contribution in [1.29, 1.82) is 0 Å². The number of nitrogens with one attached hydrogen (secondary N) is 1. The second kappa shape index (κ2) is 5.71. The zero-order chi connectivity index (χ0) is 12.3. The number of benzene rings is 1. The molecule has 2 rings (SSSR count). The molecule has 1 heterocycles. The number of para-hydroxylation sites is 1. The summed E-state index contributed by atoms with van der Waals surface area (Å²) < 4.78 is 0. The first-order chi connectivity index (χ1) is 8.22. The Morgan fingerprint density at radius 1 is 1.35 bits per heavy atom. The van der Waals surface area contributed by atoms with Gasteiger partial charge in [0.15, 0.2) is 0 Å². The number of piperazine rings is 1. The largest absolute Gasteiger partial charge is 0.363 e. The highest BCUT2D eigenvalue weighted by Gasteiger charge is 2.25. The predicted octanol–water partition coefficient (Wildman–Crippen LogP) is 1.68. The number of hydrogen-bond acceptors (Lipinski definition) is 3. The number of halogens is 1. The van der Waals surface area contributed by atoms with Gasteiger partial charge in [0, 0.05) is 26.2 Å². The van der Waals surface area contributed by atoms with Gasteiger partial charge in [-0.15, -0.1) is 0 Å². The van der Waals surface area contributed by atoms with E-state index in [2.05, 4.69) is 34.3 Å². The first-order valence-corrected chi connectivity index (χ1v) is 6.44. The van der Waals surface area contributed by atoms with E-state index in [9.17, 15) is 0 Å². The van der Waals surface area contributed by atoms with Gasteiger partial charge in [0.05, 0.1) is 16.8 Å². The molecule has 0 aromatic heterocycles. The second-order valence-corrected chi connectivity index (χ2v) is 5.03. The van der Waals surface area contributed by atoms with Crippen LogP contribution >= 0.6 is 11.6 Å². The van der Waals surface area contributed by atoms with Crippen LogP contribution in [0.15, 0.2) is 24.3 Å². The summed E-state index contributed by atoms with van der Waals surface area (Å²) in [6.45, 7) is 4.18. The maximum atomic E-state index is 6.28. The lowest BCUT2D eigenvalue weighted by atomic mass is 10.1. The summed E-state index contributed by atoms with van der Waals surface area (Å²) in [7, 11) is 4.17. The third-order valence-electron chi connectivity index (χ3n) is 3.29. The lowest BCUT2D eigenvalue weighted by Crippen LogP contribution is -2.55. The van der Waals surface area contributed by atoms with Crippen molar-refractivity contribution in [1.82, 2.24) is 10.2 Å². The van der Waals surface area contributed by atoms with Crippen LogP contribution in [-0.2, 0) is 0 Å². The molecule has 1 aromatic carbocycles. The highest BCUT2D eigenvalue weighted by molar-refractivity contribution is 6.33. The quantitative estimate of drug-likeness (QED) is 0.884. The number of anilines is 1. The molecule has 0 radical (unpaired) electrons. The van der Waals surface area contributed by atoms with Gasteiger partial charge >= 0.3 is 0 Å². The first-order valence-electron chi connectivity index (χ1n) is 6.06. The van der Waals surface area contributed by atoms with Gasteiger partial charge in [-0.25, -0.2) is 0 Å². The molecule has 0 aliphatic carbocycles. The number of rotatable bonds is 3. The fourth-order valence-electron chi connectivity index (χ4n) is 2.42. The minimum absolute atomic E-state index is 0.485. The Balaban J connectivity index is 2.20. The van der Waals surface area contributed by atoms with Crippen molar-refractivity contribution in [2.45, 2.75) is 6.04 Å². The van der Waals surface area contributed by atoms with E-state index < -0.39 is 0 Å². The second-order valence-electron chi connectivity index (χ2n) is 4.62. The van der Waals surface area contributed by atoms with Crippen LogP contribution in [0.4, 0.5) is 5.69 Å². The third-order valence-corrected chi connectivity index (χ3v) is 3.61. The summed E-state index contributed by atoms with van der Waals surface area (Å²) >= 11 is 6.28. The lowest BCUT2D eigenvalue weighted by molar-refractivity contribution is 0.265. The van der Waals surface area contributed by atoms with E-state index in [1.165, 1.54) is 0 Å². The molecular formula is C13H20ClN3. The minimum Gasteiger partial charge on any atom is -0.363 e. The summed E-state index contributed by atoms with van der Waals surface area (Å²) in [5, 5.41) is 4.11. The van der Waals surface area contributed by atoms with Gasteiger partial charge in [-0.1, -0.05) is 23.7 Å². The van der Waals surface area contributed by atoms with Gasteiger partial charge < -0.3 is 15.1 Å². The van der Waals surface area contributed by atoms with Crippen LogP contribution in [-0.4, -0.2) is 51.2 Å². The minimum atomic E-state index is 0.485. The van der Waals surface area contributed by atoms with E-state index in [-0.39, 0.29) is 0 Å². The molecule has 0 spiro atoms. The van der Waals surface area contributed by atoms with Crippen molar-refractivity contribution in [3.8, 4) is 0 Å². The molecule has 1 aliphatic heterocycles. The normalized spacial score (nSPS) is 21.8. The zero-order valence-electron chi connectivity index (χ0n) is 10.5. The SMILES string of the molecule is CNCC1CN(C)CCN1c1ccccc1Cl. The maximum Gasteiger partial charge on any atom is 0.0639 e. The molecule has 1 atom stereocenters. The van der Waals surface area contributed by atoms with E-state index in [1.807, 2.05) is 19.2 Å². The van der Waals surface area contributed by atoms with Gasteiger partial charge in [-0.2, -0.15) is 0 Å². The lowest BCUT2D eigenvalue weighted by Gasteiger charge is -2.41. The number of nitrogens with zero attached hydrogens (tertiary/aromatic N) is 2. The molecule has 1 N–H and O–H groups in total. The van der Waals surface area contributed by atoms with Gasteiger partial charge in [0.25, 0.3) is 0 Å². The molecule has 1 unspecified atom stereocenters. The van der Waals surface area contributed by atoms with Crippen molar-refractivity contribution in [2.75, 3.05) is 45.2 Å². The summed E-state index contributed by atoms with van der Waals surface area (Å²) in [5.74, 6) is 0. The summed E-state index contributed by atoms with van der Waals surface area (Å²) in [5.41, 5.74) is 1.16. The van der Waals surface area contributed by atoms with Gasteiger partial charge in [-0.05, 0) is 26.2 Å². The van der Waals surface area contributed by atoms with Crippen molar-refractivity contribution in [2.24, 2.45) is 0 Å². The van der Waals surface area contributed by atoms with E-state index in [0.29, 0.717) is 6.04 Å². The van der Waals surface area contributed by atoms with E-state index >= 15 is 0 Å². The molecule has 17 heavy (non-hydrogen) atoms. The topological polar surface area (TPSA) is 18.5 Å². The van der Waals surface area contributed by atoms with Gasteiger partial charge in [0.1, 0.15) is 0 Å². The van der Waals surface area contributed by atoms with Crippen LogP contribution in [0.1, 0.15) is 0 Å². The fraction of sp³-hybridized carbons (Fsp3) is 0.538. The number of likely N-dealkylation sites (N-methyl/N-ethyl adjacent to an activating group) is 2. The van der Waals surface area contributed by atoms with Crippen LogP contribution in [0.2, 0.25) is 5.02 Å². The Kier molecular flexibility index (Phi) is 4.26. The highest BCUT2D eigenvalue weighted by Crippen LogP contribution is 2.28. The van der Waals surface area contributed by atoms with Crippen LogP contribution in [0.5, 0.6) is 0 Å². The summed E-state index contributed by atoms with van der Waals surface area (Å²) in [6.07, 6.45) is 0. The first kappa shape index (κ1) is 12.7. The molecule has 1 saturated heterocycles. The molecule has 0 amide bonds. The van der Waals surface area contributed by atoms with Crippen LogP contribution < -0.4 is 10.2 Å². The Morgan fingerprint density at radius 3 is 2.82 bits per heavy atom. The average Bonchev–Trinajstić information content (AvgIpc) is 2.31. The molecule has 1 fully saturated rings. The predicted molar refractivity (Wildman–Crippen MR) is 74.0 cm³/mol. The zero-order valence-corrected chi connectivity index (χ0v) is 11.2. The monoisotopic (exact) mass is 253 g/mol. The average molecular weight is 254 g/mol. The van der Waals surface area contributed by atoms with E-state index in [4.69, 9.17) is 11.6 Å². The Morgan fingerprint density at radius 2 is 2.12 bits per heavy atom. The molecule has 3 nitrogen and oxygen atoms in total. The molecular weight excluding hydrogens is 234 g/mol. The van der Waals surface area contributed by atoms with E-state index in [1.54, 1.807) is 0 Å². The molecule has 0 saturated carbocycles. The van der Waals surface area contributed by atoms with Crippen molar-refractivity contribution in [3.05, 3.63) is 29.3 Å². The molecule has 1 aromatic rings. The fourth-order valence-corrected chi connectivity index (χ4v) is 2.67. The van der Waals surface area contributed by atoms with Crippen molar-refractivity contribution >= 4 is 17.3 Å². The molecule has 94 valence electrons. The van der Waals surface area contributed by atoms with Crippen molar-refractivity contribution in [3.63, 3.8) is 0 Å². The molecule has 0 bridgehead atoms.